The van der Waals surface area contributed by atoms with Crippen molar-refractivity contribution in [2.75, 3.05) is 14.1 Å². The Bertz CT molecular complexity index is 159. The van der Waals surface area contributed by atoms with Crippen LogP contribution in [-0.2, 0) is 0 Å². The van der Waals surface area contributed by atoms with Gasteiger partial charge in [0, 0.05) is 12.1 Å². The van der Waals surface area contributed by atoms with E-state index in [0.717, 1.165) is 0 Å². The Morgan fingerprint density at radius 2 is 2.10 bits per heavy atom. The molecule has 0 radical (unpaired) electrons. The highest BCUT2D eigenvalue weighted by Gasteiger charge is 2.16. The SMILES string of the molecule is CC1C=CC=NC1N(C)C. The lowest BCUT2D eigenvalue weighted by Gasteiger charge is -2.25. The van der Waals surface area contributed by atoms with Gasteiger partial charge in [-0.25, -0.2) is 0 Å². The number of dihydropyridines is 1. The minimum absolute atomic E-state index is 0.338. The van der Waals surface area contributed by atoms with Crippen LogP contribution in [0.25, 0.3) is 0 Å². The van der Waals surface area contributed by atoms with E-state index >= 15 is 0 Å². The fraction of sp³-hybridized carbons (Fsp3) is 0.625. The van der Waals surface area contributed by atoms with E-state index in [0.29, 0.717) is 12.1 Å². The zero-order valence-electron chi connectivity index (χ0n) is 6.78. The van der Waals surface area contributed by atoms with Gasteiger partial charge in [0.15, 0.2) is 0 Å². The normalized spacial score (nSPS) is 31.6. The predicted octanol–water partition coefficient (Wildman–Crippen LogP) is 1.15. The number of aliphatic imine (C=N–C) groups is 1. The summed E-state index contributed by atoms with van der Waals surface area (Å²) >= 11 is 0. The second-order valence-electron chi connectivity index (χ2n) is 2.92. The van der Waals surface area contributed by atoms with Crippen molar-refractivity contribution in [3.05, 3.63) is 12.2 Å². The summed E-state index contributed by atoms with van der Waals surface area (Å²) in [5.74, 6) is 0.542. The third kappa shape index (κ3) is 1.45. The van der Waals surface area contributed by atoms with Crippen LogP contribution in [0.15, 0.2) is 17.1 Å². The van der Waals surface area contributed by atoms with Crippen LogP contribution in [0.5, 0.6) is 0 Å². The highest BCUT2D eigenvalue weighted by atomic mass is 15.2. The summed E-state index contributed by atoms with van der Waals surface area (Å²) in [4.78, 5) is 6.45. The molecule has 1 aliphatic heterocycles. The standard InChI is InChI=1S/C8H14N2/c1-7-5-4-6-9-8(7)10(2)3/h4-8H,1-3H3. The number of hydrogen-bond acceptors (Lipinski definition) is 2. The van der Waals surface area contributed by atoms with E-state index in [1.54, 1.807) is 0 Å². The molecule has 0 aromatic heterocycles. The molecule has 0 saturated heterocycles. The lowest BCUT2D eigenvalue weighted by molar-refractivity contribution is 0.255. The van der Waals surface area contributed by atoms with Gasteiger partial charge < -0.3 is 0 Å². The average molecular weight is 138 g/mol. The van der Waals surface area contributed by atoms with Crippen molar-refractivity contribution >= 4 is 6.21 Å². The van der Waals surface area contributed by atoms with E-state index in [1.807, 2.05) is 12.3 Å². The molecule has 0 spiro atoms. The largest absolute Gasteiger partial charge is 0.288 e. The third-order valence-corrected chi connectivity index (χ3v) is 1.74. The van der Waals surface area contributed by atoms with Gasteiger partial charge in [-0.3, -0.25) is 9.89 Å². The van der Waals surface area contributed by atoms with Crippen LogP contribution >= 0.6 is 0 Å². The van der Waals surface area contributed by atoms with Gasteiger partial charge in [-0.05, 0) is 20.2 Å². The highest BCUT2D eigenvalue weighted by Crippen LogP contribution is 2.13. The molecule has 0 aliphatic carbocycles. The highest BCUT2D eigenvalue weighted by molar-refractivity contribution is 5.72. The maximum absolute atomic E-state index is 4.32. The number of nitrogens with zero attached hydrogens (tertiary/aromatic N) is 2. The molecular weight excluding hydrogens is 124 g/mol. The van der Waals surface area contributed by atoms with Gasteiger partial charge in [-0.1, -0.05) is 13.0 Å². The summed E-state index contributed by atoms with van der Waals surface area (Å²) < 4.78 is 0. The van der Waals surface area contributed by atoms with Crippen molar-refractivity contribution in [3.63, 3.8) is 0 Å². The first-order valence-electron chi connectivity index (χ1n) is 3.58. The lowest BCUT2D eigenvalue weighted by Crippen LogP contribution is -2.32. The molecule has 1 aliphatic rings. The molecule has 2 heteroatoms. The Morgan fingerprint density at radius 3 is 2.50 bits per heavy atom. The summed E-state index contributed by atoms with van der Waals surface area (Å²) in [7, 11) is 4.11. The Hall–Kier alpha value is -0.630. The predicted molar refractivity (Wildman–Crippen MR) is 44.3 cm³/mol. The van der Waals surface area contributed by atoms with Gasteiger partial charge in [0.25, 0.3) is 0 Å². The Morgan fingerprint density at radius 1 is 1.40 bits per heavy atom. The molecule has 0 saturated carbocycles. The van der Waals surface area contributed by atoms with E-state index in [-0.39, 0.29) is 0 Å². The Labute approximate surface area is 62.3 Å². The van der Waals surface area contributed by atoms with Crippen LogP contribution in [-0.4, -0.2) is 31.4 Å². The van der Waals surface area contributed by atoms with Crippen molar-refractivity contribution in [1.29, 1.82) is 0 Å². The van der Waals surface area contributed by atoms with Gasteiger partial charge in [0.1, 0.15) is 6.17 Å². The fourth-order valence-electron chi connectivity index (χ4n) is 1.20. The van der Waals surface area contributed by atoms with Gasteiger partial charge in [0.05, 0.1) is 0 Å². The molecule has 0 aromatic carbocycles. The molecule has 1 heterocycles. The monoisotopic (exact) mass is 138 g/mol. The van der Waals surface area contributed by atoms with Crippen molar-refractivity contribution in [1.82, 2.24) is 4.90 Å². The van der Waals surface area contributed by atoms with E-state index in [2.05, 4.69) is 37.0 Å². The smallest absolute Gasteiger partial charge is 0.107 e. The van der Waals surface area contributed by atoms with E-state index < -0.39 is 0 Å². The molecule has 2 atom stereocenters. The molecule has 0 fully saturated rings. The summed E-state index contributed by atoms with van der Waals surface area (Å²) in [5, 5.41) is 0. The zero-order chi connectivity index (χ0) is 7.56. The van der Waals surface area contributed by atoms with E-state index in [9.17, 15) is 0 Å². The number of allylic oxidation sites excluding steroid dienone is 1. The summed E-state index contributed by atoms with van der Waals surface area (Å²) in [5.41, 5.74) is 0. The van der Waals surface area contributed by atoms with Gasteiger partial charge in [-0.15, -0.1) is 0 Å². The van der Waals surface area contributed by atoms with E-state index in [1.165, 1.54) is 0 Å². The van der Waals surface area contributed by atoms with Crippen LogP contribution in [0, 0.1) is 5.92 Å². The lowest BCUT2D eigenvalue weighted by atomic mass is 10.1. The molecule has 0 aromatic rings. The molecule has 0 N–H and O–H groups in total. The molecular formula is C8H14N2. The second-order valence-corrected chi connectivity index (χ2v) is 2.92. The summed E-state index contributed by atoms with van der Waals surface area (Å²) in [6.45, 7) is 2.18. The first-order valence-corrected chi connectivity index (χ1v) is 3.58. The van der Waals surface area contributed by atoms with E-state index in [4.69, 9.17) is 0 Å². The van der Waals surface area contributed by atoms with Crippen LogP contribution in [0.2, 0.25) is 0 Å². The first kappa shape index (κ1) is 7.48. The van der Waals surface area contributed by atoms with Crippen molar-refractivity contribution in [2.45, 2.75) is 13.1 Å². The number of rotatable bonds is 1. The Balaban J connectivity index is 2.61. The molecule has 0 amide bonds. The van der Waals surface area contributed by atoms with Crippen molar-refractivity contribution in [3.8, 4) is 0 Å². The van der Waals surface area contributed by atoms with Gasteiger partial charge >= 0.3 is 0 Å². The molecule has 10 heavy (non-hydrogen) atoms. The second kappa shape index (κ2) is 2.97. The molecule has 0 bridgehead atoms. The topological polar surface area (TPSA) is 15.6 Å². The quantitative estimate of drug-likeness (QED) is 0.530. The van der Waals surface area contributed by atoms with Crippen LogP contribution < -0.4 is 0 Å². The molecule has 1 rings (SSSR count). The fourth-order valence-corrected chi connectivity index (χ4v) is 1.20. The third-order valence-electron chi connectivity index (χ3n) is 1.74. The zero-order valence-corrected chi connectivity index (χ0v) is 6.78. The number of hydrogen-bond donors (Lipinski definition) is 0. The van der Waals surface area contributed by atoms with Crippen molar-refractivity contribution in [2.24, 2.45) is 10.9 Å². The minimum Gasteiger partial charge on any atom is -0.288 e. The molecule has 56 valence electrons. The van der Waals surface area contributed by atoms with Gasteiger partial charge in [-0.2, -0.15) is 0 Å². The summed E-state index contributed by atoms with van der Waals surface area (Å²) in [6, 6.07) is 0. The van der Waals surface area contributed by atoms with Crippen LogP contribution in [0.1, 0.15) is 6.92 Å². The average Bonchev–Trinajstić information content (AvgIpc) is 1.88. The minimum atomic E-state index is 0.338. The van der Waals surface area contributed by atoms with Crippen molar-refractivity contribution < 1.29 is 0 Å². The maximum atomic E-state index is 4.32. The molecule has 2 nitrogen and oxygen atoms in total. The first-order chi connectivity index (χ1) is 4.72. The van der Waals surface area contributed by atoms with Crippen LogP contribution in [0.4, 0.5) is 0 Å². The maximum Gasteiger partial charge on any atom is 0.107 e. The van der Waals surface area contributed by atoms with Crippen LogP contribution in [0.3, 0.4) is 0 Å². The van der Waals surface area contributed by atoms with Gasteiger partial charge in [0.2, 0.25) is 0 Å². The molecule has 2 unspecified atom stereocenters. The Kier molecular flexibility index (Phi) is 2.22. The summed E-state index contributed by atoms with van der Waals surface area (Å²) in [6.07, 6.45) is 6.39.